The predicted molar refractivity (Wildman–Crippen MR) is 136 cm³/mol. The van der Waals surface area contributed by atoms with Crippen molar-refractivity contribution in [3.63, 3.8) is 0 Å². The molecule has 8 heteroatoms. The Balaban J connectivity index is 1.38. The third-order valence-corrected chi connectivity index (χ3v) is 6.05. The van der Waals surface area contributed by atoms with Crippen LogP contribution in [0.5, 0.6) is 0 Å². The number of carbonyl (C=O) groups excluding carboxylic acids is 1. The average Bonchev–Trinajstić information content (AvgIpc) is 3.28. The number of rotatable bonds is 4. The van der Waals surface area contributed by atoms with Crippen LogP contribution in [0.4, 0.5) is 18.9 Å². The Morgan fingerprint density at radius 2 is 1.61 bits per heavy atom. The van der Waals surface area contributed by atoms with E-state index in [4.69, 9.17) is 11.6 Å². The van der Waals surface area contributed by atoms with Gasteiger partial charge in [-0.2, -0.15) is 13.2 Å². The van der Waals surface area contributed by atoms with E-state index in [9.17, 15) is 18.0 Å². The van der Waals surface area contributed by atoms with Crippen molar-refractivity contribution < 1.29 is 18.0 Å². The van der Waals surface area contributed by atoms with Gasteiger partial charge in [0.25, 0.3) is 5.91 Å². The van der Waals surface area contributed by atoms with Crippen molar-refractivity contribution in [1.29, 1.82) is 0 Å². The highest BCUT2D eigenvalue weighted by Crippen LogP contribution is 2.32. The molecule has 0 aliphatic carbocycles. The second-order valence-corrected chi connectivity index (χ2v) is 8.83. The minimum atomic E-state index is -4.39. The normalized spacial score (nSPS) is 11.6. The number of alkyl halides is 3. The zero-order valence-electron chi connectivity index (χ0n) is 19.0. The zero-order chi connectivity index (χ0) is 25.4. The molecule has 36 heavy (non-hydrogen) atoms. The molecule has 1 amide bonds. The number of nitrogens with zero attached hydrogens (tertiary/aromatic N) is 1. The van der Waals surface area contributed by atoms with Crippen LogP contribution in [0.25, 0.3) is 33.5 Å². The number of anilines is 1. The van der Waals surface area contributed by atoms with Crippen molar-refractivity contribution in [3.8, 4) is 22.5 Å². The lowest BCUT2D eigenvalue weighted by atomic mass is 9.98. The fourth-order valence-electron chi connectivity index (χ4n) is 4.04. The van der Waals surface area contributed by atoms with Gasteiger partial charge in [0.2, 0.25) is 0 Å². The summed E-state index contributed by atoms with van der Waals surface area (Å²) < 4.78 is 38.5. The van der Waals surface area contributed by atoms with Crippen LogP contribution in [0.15, 0.2) is 84.9 Å². The van der Waals surface area contributed by atoms with E-state index >= 15 is 0 Å². The lowest BCUT2D eigenvalue weighted by Crippen LogP contribution is -2.13. The quantitative estimate of drug-likeness (QED) is 0.259. The number of carbonyl (C=O) groups is 1. The molecule has 180 valence electrons. The number of hydrogen-bond donors (Lipinski definition) is 2. The van der Waals surface area contributed by atoms with E-state index in [2.05, 4.69) is 15.3 Å². The molecule has 0 fully saturated rings. The summed E-state index contributed by atoms with van der Waals surface area (Å²) in [7, 11) is 0. The molecule has 0 saturated carbocycles. The zero-order valence-corrected chi connectivity index (χ0v) is 19.7. The number of benzene rings is 4. The monoisotopic (exact) mass is 505 g/mol. The summed E-state index contributed by atoms with van der Waals surface area (Å²) in [6.45, 7) is 1.78. The van der Waals surface area contributed by atoms with Crippen molar-refractivity contribution in [2.24, 2.45) is 0 Å². The van der Waals surface area contributed by atoms with E-state index in [1.165, 1.54) is 12.1 Å². The number of aromatic nitrogens is 2. The second kappa shape index (κ2) is 9.17. The first-order chi connectivity index (χ1) is 17.2. The molecular weight excluding hydrogens is 487 g/mol. The van der Waals surface area contributed by atoms with Crippen LogP contribution in [-0.4, -0.2) is 15.9 Å². The average molecular weight is 506 g/mol. The summed E-state index contributed by atoms with van der Waals surface area (Å²) in [5.41, 5.74) is 4.71. The number of para-hydroxylation sites is 2. The highest BCUT2D eigenvalue weighted by molar-refractivity contribution is 6.31. The van der Waals surface area contributed by atoms with Gasteiger partial charge in [0.05, 0.1) is 16.6 Å². The third-order valence-electron chi connectivity index (χ3n) is 5.84. The van der Waals surface area contributed by atoms with Gasteiger partial charge in [-0.15, -0.1) is 0 Å². The highest BCUT2D eigenvalue weighted by Gasteiger charge is 2.30. The van der Waals surface area contributed by atoms with Crippen LogP contribution in [0.2, 0.25) is 5.02 Å². The summed E-state index contributed by atoms with van der Waals surface area (Å²) >= 11 is 6.32. The molecule has 1 heterocycles. The topological polar surface area (TPSA) is 57.8 Å². The lowest BCUT2D eigenvalue weighted by Gasteiger charge is -2.12. The second-order valence-electron chi connectivity index (χ2n) is 8.39. The van der Waals surface area contributed by atoms with Gasteiger partial charge in [-0.05, 0) is 72.1 Å². The predicted octanol–water partition coefficient (Wildman–Crippen LogP) is 8.13. The molecule has 0 bridgehead atoms. The number of fused-ring (bicyclic) bond motifs is 1. The maximum absolute atomic E-state index is 13.0. The SMILES string of the molecule is Cc1cc(-c2ccc(C(F)(F)F)cc2)ccc1C(=O)Nc1cc(Cl)cc(-c2nc3ccccc3[nH]2)c1. The fraction of sp³-hybridized carbons (Fsp3) is 0.0714. The summed E-state index contributed by atoms with van der Waals surface area (Å²) in [6.07, 6.45) is -4.39. The third kappa shape index (κ3) is 4.83. The molecule has 5 aromatic rings. The summed E-state index contributed by atoms with van der Waals surface area (Å²) in [6, 6.07) is 22.9. The van der Waals surface area contributed by atoms with Gasteiger partial charge in [0.15, 0.2) is 0 Å². The Labute approximate surface area is 209 Å². The Kier molecular flexibility index (Phi) is 6.02. The van der Waals surface area contributed by atoms with Crippen LogP contribution >= 0.6 is 11.6 Å². The number of hydrogen-bond acceptors (Lipinski definition) is 2. The van der Waals surface area contributed by atoms with Crippen molar-refractivity contribution in [1.82, 2.24) is 9.97 Å². The molecule has 2 N–H and O–H groups in total. The van der Waals surface area contributed by atoms with Crippen molar-refractivity contribution in [2.45, 2.75) is 13.1 Å². The molecule has 1 aromatic heterocycles. The minimum Gasteiger partial charge on any atom is -0.338 e. The number of amides is 1. The number of halogens is 4. The number of imidazole rings is 1. The molecule has 0 spiro atoms. The Morgan fingerprint density at radius 1 is 0.889 bits per heavy atom. The van der Waals surface area contributed by atoms with Crippen LogP contribution in [-0.2, 0) is 6.18 Å². The van der Waals surface area contributed by atoms with E-state index in [1.54, 1.807) is 43.3 Å². The van der Waals surface area contributed by atoms with Crippen molar-refractivity contribution in [3.05, 3.63) is 107 Å². The lowest BCUT2D eigenvalue weighted by molar-refractivity contribution is -0.137. The molecule has 0 unspecified atom stereocenters. The molecule has 0 aliphatic heterocycles. The van der Waals surface area contributed by atoms with Gasteiger partial charge < -0.3 is 10.3 Å². The molecule has 4 nitrogen and oxygen atoms in total. The maximum atomic E-state index is 13.0. The molecule has 0 radical (unpaired) electrons. The van der Waals surface area contributed by atoms with Crippen molar-refractivity contribution in [2.75, 3.05) is 5.32 Å². The molecular formula is C28H19ClF3N3O. The number of nitrogens with one attached hydrogen (secondary N) is 2. The molecule has 5 rings (SSSR count). The first-order valence-electron chi connectivity index (χ1n) is 11.0. The fourth-order valence-corrected chi connectivity index (χ4v) is 4.27. The summed E-state index contributed by atoms with van der Waals surface area (Å²) in [5, 5.41) is 3.32. The van der Waals surface area contributed by atoms with E-state index < -0.39 is 11.7 Å². The van der Waals surface area contributed by atoms with Crippen molar-refractivity contribution >= 4 is 34.2 Å². The number of aromatic amines is 1. The molecule has 0 saturated heterocycles. The van der Waals surface area contributed by atoms with E-state index in [0.717, 1.165) is 28.7 Å². The Bertz CT molecular complexity index is 1560. The standard InChI is InChI=1S/C28H19ClF3N3O/c1-16-12-18(17-6-9-20(10-7-17)28(30,31)32)8-11-23(16)27(36)33-22-14-19(13-21(29)15-22)26-34-24-4-2-3-5-25(24)35-26/h2-15H,1H3,(H,33,36)(H,34,35). The van der Waals surface area contributed by atoms with E-state index in [1.807, 2.05) is 24.3 Å². The van der Waals surface area contributed by atoms with Gasteiger partial charge in [-0.3, -0.25) is 4.79 Å². The van der Waals surface area contributed by atoms with Gasteiger partial charge in [0, 0.05) is 21.8 Å². The number of aryl methyl sites for hydroxylation is 1. The highest BCUT2D eigenvalue weighted by atomic mass is 35.5. The smallest absolute Gasteiger partial charge is 0.338 e. The number of H-pyrrole nitrogens is 1. The Hall–Kier alpha value is -4.10. The van der Waals surface area contributed by atoms with Crippen LogP contribution in [0.1, 0.15) is 21.5 Å². The van der Waals surface area contributed by atoms with Gasteiger partial charge in [-0.25, -0.2) is 4.98 Å². The largest absolute Gasteiger partial charge is 0.416 e. The first-order valence-corrected chi connectivity index (χ1v) is 11.4. The summed E-state index contributed by atoms with van der Waals surface area (Å²) in [4.78, 5) is 20.9. The molecule has 0 aliphatic rings. The van der Waals surface area contributed by atoms with Crippen LogP contribution < -0.4 is 5.32 Å². The first kappa shape index (κ1) is 23.6. The van der Waals surface area contributed by atoms with Crippen LogP contribution in [0, 0.1) is 6.92 Å². The van der Waals surface area contributed by atoms with Gasteiger partial charge in [-0.1, -0.05) is 48.0 Å². The molecule has 4 aromatic carbocycles. The summed E-state index contributed by atoms with van der Waals surface area (Å²) in [5.74, 6) is 0.301. The van der Waals surface area contributed by atoms with Crippen LogP contribution in [0.3, 0.4) is 0 Å². The molecule has 0 atom stereocenters. The minimum absolute atomic E-state index is 0.329. The van der Waals surface area contributed by atoms with Gasteiger partial charge >= 0.3 is 6.18 Å². The Morgan fingerprint density at radius 3 is 2.31 bits per heavy atom. The maximum Gasteiger partial charge on any atom is 0.416 e. The van der Waals surface area contributed by atoms with Gasteiger partial charge in [0.1, 0.15) is 5.82 Å². The van der Waals surface area contributed by atoms with E-state index in [-0.39, 0.29) is 5.91 Å². The van der Waals surface area contributed by atoms with E-state index in [0.29, 0.717) is 38.8 Å².